The first-order chi connectivity index (χ1) is 8.86. The number of nitrogens with one attached hydrogen (secondary N) is 1. The highest BCUT2D eigenvalue weighted by atomic mass is 16.4. The van der Waals surface area contributed by atoms with Gasteiger partial charge in [0.05, 0.1) is 0 Å². The van der Waals surface area contributed by atoms with E-state index in [4.69, 9.17) is 5.11 Å². The minimum absolute atomic E-state index is 0.103. The molecular formula is C14H17N3O2. The Hall–Kier alpha value is -2.17. The van der Waals surface area contributed by atoms with Crippen LogP contribution >= 0.6 is 0 Å². The number of H-pyrrole nitrogens is 1. The molecule has 5 heteroatoms. The molecule has 2 aromatic rings. The molecule has 2 N–H and O–H groups in total. The quantitative estimate of drug-likeness (QED) is 0.887. The lowest BCUT2D eigenvalue weighted by atomic mass is 9.87. The largest absolute Gasteiger partial charge is 0.481 e. The Morgan fingerprint density at radius 3 is 2.42 bits per heavy atom. The standard InChI is InChI=1S/C14H17N3O2/c1-14(2,3)10-6-4-9(5-7-10)13-15-11(16-17-13)8-12(18)19/h4-7H,8H2,1-3H3,(H,18,19)(H,15,16,17). The molecule has 0 spiro atoms. The van der Waals surface area contributed by atoms with Crippen molar-refractivity contribution < 1.29 is 9.90 Å². The third-order valence-corrected chi connectivity index (χ3v) is 2.86. The summed E-state index contributed by atoms with van der Waals surface area (Å²) in [6.45, 7) is 6.46. The van der Waals surface area contributed by atoms with E-state index in [0.29, 0.717) is 11.6 Å². The zero-order valence-corrected chi connectivity index (χ0v) is 11.3. The Morgan fingerprint density at radius 1 is 1.26 bits per heavy atom. The topological polar surface area (TPSA) is 78.9 Å². The zero-order valence-electron chi connectivity index (χ0n) is 11.3. The number of aliphatic carboxylic acids is 1. The van der Waals surface area contributed by atoms with Gasteiger partial charge in [-0.25, -0.2) is 4.98 Å². The molecule has 1 aromatic carbocycles. The molecule has 0 bridgehead atoms. The van der Waals surface area contributed by atoms with Gasteiger partial charge in [0.1, 0.15) is 12.2 Å². The first-order valence-corrected chi connectivity index (χ1v) is 6.10. The van der Waals surface area contributed by atoms with Crippen LogP contribution < -0.4 is 0 Å². The number of carbonyl (C=O) groups is 1. The summed E-state index contributed by atoms with van der Waals surface area (Å²) in [5.41, 5.74) is 2.21. The summed E-state index contributed by atoms with van der Waals surface area (Å²) in [6.07, 6.45) is -0.146. The minimum atomic E-state index is -0.925. The van der Waals surface area contributed by atoms with Crippen LogP contribution in [0, 0.1) is 0 Å². The van der Waals surface area contributed by atoms with Crippen molar-refractivity contribution in [2.24, 2.45) is 0 Å². The highest BCUT2D eigenvalue weighted by Crippen LogP contribution is 2.24. The van der Waals surface area contributed by atoms with Crippen molar-refractivity contribution in [3.05, 3.63) is 35.7 Å². The molecule has 0 saturated carbocycles. The van der Waals surface area contributed by atoms with E-state index in [-0.39, 0.29) is 11.8 Å². The second-order valence-electron chi connectivity index (χ2n) is 5.50. The fourth-order valence-corrected chi connectivity index (χ4v) is 1.77. The van der Waals surface area contributed by atoms with Gasteiger partial charge in [0.15, 0.2) is 5.82 Å². The Balaban J connectivity index is 2.23. The number of rotatable bonds is 3. The highest BCUT2D eigenvalue weighted by Gasteiger charge is 2.14. The zero-order chi connectivity index (χ0) is 14.0. The monoisotopic (exact) mass is 259 g/mol. The maximum absolute atomic E-state index is 10.6. The summed E-state index contributed by atoms with van der Waals surface area (Å²) in [5.74, 6) is -0.0371. The van der Waals surface area contributed by atoms with Gasteiger partial charge < -0.3 is 5.11 Å². The molecule has 0 radical (unpaired) electrons. The van der Waals surface area contributed by atoms with E-state index < -0.39 is 5.97 Å². The number of hydrogen-bond acceptors (Lipinski definition) is 3. The molecule has 100 valence electrons. The average molecular weight is 259 g/mol. The maximum Gasteiger partial charge on any atom is 0.311 e. The first-order valence-electron chi connectivity index (χ1n) is 6.10. The summed E-state index contributed by atoms with van der Waals surface area (Å²) >= 11 is 0. The van der Waals surface area contributed by atoms with E-state index in [1.54, 1.807) is 0 Å². The van der Waals surface area contributed by atoms with E-state index in [9.17, 15) is 4.79 Å². The second-order valence-corrected chi connectivity index (χ2v) is 5.50. The third kappa shape index (κ3) is 3.19. The summed E-state index contributed by atoms with van der Waals surface area (Å²) in [5, 5.41) is 15.4. The number of carboxylic acid groups (broad SMARTS) is 1. The van der Waals surface area contributed by atoms with Crippen molar-refractivity contribution in [3.8, 4) is 11.4 Å². The van der Waals surface area contributed by atoms with Crippen LogP contribution in [0.5, 0.6) is 0 Å². The van der Waals surface area contributed by atoms with Crippen LogP contribution in [-0.2, 0) is 16.6 Å². The lowest BCUT2D eigenvalue weighted by Gasteiger charge is -2.18. The van der Waals surface area contributed by atoms with Crippen molar-refractivity contribution in [2.75, 3.05) is 0 Å². The number of aromatic nitrogens is 3. The summed E-state index contributed by atoms with van der Waals surface area (Å²) in [7, 11) is 0. The molecule has 0 saturated heterocycles. The number of aromatic amines is 1. The van der Waals surface area contributed by atoms with Crippen molar-refractivity contribution in [3.63, 3.8) is 0 Å². The van der Waals surface area contributed by atoms with Crippen LogP contribution in [0.4, 0.5) is 0 Å². The SMILES string of the molecule is CC(C)(C)c1ccc(-c2n[nH]c(CC(=O)O)n2)cc1. The van der Waals surface area contributed by atoms with Crippen LogP contribution in [0.1, 0.15) is 32.2 Å². The second kappa shape index (κ2) is 4.84. The minimum Gasteiger partial charge on any atom is -0.481 e. The normalized spacial score (nSPS) is 11.5. The molecule has 0 fully saturated rings. The van der Waals surface area contributed by atoms with E-state index >= 15 is 0 Å². The van der Waals surface area contributed by atoms with E-state index in [2.05, 4.69) is 36.0 Å². The molecule has 1 aromatic heterocycles. The van der Waals surface area contributed by atoms with Crippen LogP contribution in [-0.4, -0.2) is 26.3 Å². The first kappa shape index (κ1) is 13.3. The van der Waals surface area contributed by atoms with Gasteiger partial charge in [-0.2, -0.15) is 5.10 Å². The molecule has 0 aliphatic carbocycles. The molecule has 0 unspecified atom stereocenters. The maximum atomic E-state index is 10.6. The van der Waals surface area contributed by atoms with Gasteiger partial charge >= 0.3 is 5.97 Å². The molecule has 2 rings (SSSR count). The summed E-state index contributed by atoms with van der Waals surface area (Å²) in [4.78, 5) is 14.7. The molecule has 0 aliphatic rings. The van der Waals surface area contributed by atoms with E-state index in [1.807, 2.05) is 24.3 Å². The molecule has 0 amide bonds. The fourth-order valence-electron chi connectivity index (χ4n) is 1.77. The molecule has 0 atom stereocenters. The van der Waals surface area contributed by atoms with Gasteiger partial charge in [-0.05, 0) is 11.0 Å². The number of benzene rings is 1. The van der Waals surface area contributed by atoms with Crippen molar-refractivity contribution in [2.45, 2.75) is 32.6 Å². The Labute approximate surface area is 111 Å². The van der Waals surface area contributed by atoms with Crippen LogP contribution in [0.3, 0.4) is 0 Å². The van der Waals surface area contributed by atoms with Crippen LogP contribution in [0.2, 0.25) is 0 Å². The Bertz CT molecular complexity index is 579. The number of hydrogen-bond donors (Lipinski definition) is 2. The van der Waals surface area contributed by atoms with Gasteiger partial charge in [0.2, 0.25) is 0 Å². The summed E-state index contributed by atoms with van der Waals surface area (Å²) < 4.78 is 0. The van der Waals surface area contributed by atoms with Gasteiger partial charge in [-0.1, -0.05) is 45.0 Å². The third-order valence-electron chi connectivity index (χ3n) is 2.86. The Morgan fingerprint density at radius 2 is 1.89 bits per heavy atom. The molecule has 19 heavy (non-hydrogen) atoms. The number of nitrogens with zero attached hydrogens (tertiary/aromatic N) is 2. The van der Waals surface area contributed by atoms with Gasteiger partial charge in [0, 0.05) is 5.56 Å². The molecular weight excluding hydrogens is 242 g/mol. The van der Waals surface area contributed by atoms with Gasteiger partial charge in [-0.15, -0.1) is 0 Å². The Kier molecular flexibility index (Phi) is 3.38. The molecule has 5 nitrogen and oxygen atoms in total. The van der Waals surface area contributed by atoms with Gasteiger partial charge in [-0.3, -0.25) is 9.89 Å². The fraction of sp³-hybridized carbons (Fsp3) is 0.357. The predicted octanol–water partition coefficient (Wildman–Crippen LogP) is 2.40. The lowest BCUT2D eigenvalue weighted by Crippen LogP contribution is -2.10. The van der Waals surface area contributed by atoms with Crippen molar-refractivity contribution in [1.82, 2.24) is 15.2 Å². The van der Waals surface area contributed by atoms with Crippen LogP contribution in [0.15, 0.2) is 24.3 Å². The number of carboxylic acids is 1. The molecule has 1 heterocycles. The van der Waals surface area contributed by atoms with Gasteiger partial charge in [0.25, 0.3) is 0 Å². The average Bonchev–Trinajstić information content (AvgIpc) is 2.75. The summed E-state index contributed by atoms with van der Waals surface area (Å²) in [6, 6.07) is 7.99. The van der Waals surface area contributed by atoms with Crippen LogP contribution in [0.25, 0.3) is 11.4 Å². The lowest BCUT2D eigenvalue weighted by molar-refractivity contribution is -0.136. The van der Waals surface area contributed by atoms with Crippen molar-refractivity contribution in [1.29, 1.82) is 0 Å². The van der Waals surface area contributed by atoms with E-state index in [0.717, 1.165) is 5.56 Å². The molecule has 0 aliphatic heterocycles. The predicted molar refractivity (Wildman–Crippen MR) is 71.9 cm³/mol. The van der Waals surface area contributed by atoms with Crippen molar-refractivity contribution >= 4 is 5.97 Å². The van der Waals surface area contributed by atoms with E-state index in [1.165, 1.54) is 5.56 Å². The smallest absolute Gasteiger partial charge is 0.311 e. The highest BCUT2D eigenvalue weighted by molar-refractivity contribution is 5.69.